The Bertz CT molecular complexity index is 1230. The van der Waals surface area contributed by atoms with Crippen molar-refractivity contribution in [1.29, 1.82) is 0 Å². The first-order valence-corrected chi connectivity index (χ1v) is 11.3. The second-order valence-electron chi connectivity index (χ2n) is 8.61. The van der Waals surface area contributed by atoms with E-state index in [-0.39, 0.29) is 23.2 Å². The molecule has 0 spiro atoms. The lowest BCUT2D eigenvalue weighted by molar-refractivity contribution is 0.0995. The van der Waals surface area contributed by atoms with Crippen molar-refractivity contribution in [2.75, 3.05) is 24.3 Å². The number of carbonyl (C=O) groups excluding carboxylic acids is 1. The molecule has 5 N–H and O–H groups in total. The maximum absolute atomic E-state index is 11.9. The molecule has 1 atom stereocenters. The van der Waals surface area contributed by atoms with Gasteiger partial charge >= 0.3 is 0 Å². The summed E-state index contributed by atoms with van der Waals surface area (Å²) in [6, 6.07) is 11.3. The smallest absolute Gasteiger partial charge is 0.273 e. The Morgan fingerprint density at radius 3 is 2.79 bits per heavy atom. The molecule has 1 amide bonds. The minimum absolute atomic E-state index is 0.00147. The second kappa shape index (κ2) is 9.14. The minimum Gasteiger partial charge on any atom is -0.506 e. The lowest BCUT2D eigenvalue weighted by Gasteiger charge is -2.40. The van der Waals surface area contributed by atoms with Crippen molar-refractivity contribution >= 4 is 29.0 Å². The number of nitrogens with one attached hydrogen (secondary N) is 2. The highest BCUT2D eigenvalue weighted by Crippen LogP contribution is 2.36. The van der Waals surface area contributed by atoms with Crippen LogP contribution in [-0.2, 0) is 13.0 Å². The van der Waals surface area contributed by atoms with Gasteiger partial charge in [-0.25, -0.2) is 0 Å². The number of fused-ring (bicyclic) bond motifs is 2. The number of rotatable bonds is 6. The monoisotopic (exact) mass is 461 g/mol. The average molecular weight is 462 g/mol. The lowest BCUT2D eigenvalue weighted by atomic mass is 9.88. The van der Waals surface area contributed by atoms with Crippen LogP contribution >= 0.6 is 0 Å². The molecule has 3 aromatic rings. The molecule has 0 aliphatic carbocycles. The van der Waals surface area contributed by atoms with E-state index in [2.05, 4.69) is 42.8 Å². The van der Waals surface area contributed by atoms with Gasteiger partial charge in [0, 0.05) is 12.6 Å². The second-order valence-corrected chi connectivity index (χ2v) is 8.61. The number of phenolic OH excluding ortho intramolecular Hbond substituents is 1. The van der Waals surface area contributed by atoms with Crippen LogP contribution in [0.2, 0.25) is 0 Å². The number of amides is 1. The quantitative estimate of drug-likeness (QED) is 0.408. The third kappa shape index (κ3) is 4.32. The molecule has 2 aliphatic heterocycles. The zero-order chi connectivity index (χ0) is 23.7. The Kier molecular flexibility index (Phi) is 5.89. The molecule has 10 heteroatoms. The number of methoxy groups -OCH3 is 1. The predicted octanol–water partition coefficient (Wildman–Crippen LogP) is 3.08. The fraction of sp³-hybridized carbons (Fsp3) is 0.333. The summed E-state index contributed by atoms with van der Waals surface area (Å²) < 4.78 is 5.65. The molecule has 1 unspecified atom stereocenters. The van der Waals surface area contributed by atoms with Crippen molar-refractivity contribution in [3.05, 3.63) is 53.2 Å². The number of nitrogens with zero attached hydrogens (tertiary/aromatic N) is 4. The Labute approximate surface area is 197 Å². The fourth-order valence-electron chi connectivity index (χ4n) is 4.70. The van der Waals surface area contributed by atoms with Crippen LogP contribution in [0.3, 0.4) is 0 Å². The van der Waals surface area contributed by atoms with Gasteiger partial charge < -0.3 is 26.2 Å². The highest BCUT2D eigenvalue weighted by molar-refractivity contribution is 5.96. The van der Waals surface area contributed by atoms with Crippen LogP contribution in [0.4, 0.5) is 23.1 Å². The van der Waals surface area contributed by atoms with Gasteiger partial charge in [0.25, 0.3) is 5.91 Å². The zero-order valence-corrected chi connectivity index (χ0v) is 18.9. The van der Waals surface area contributed by atoms with Crippen LogP contribution in [0, 0.1) is 0 Å². The molecule has 1 fully saturated rings. The summed E-state index contributed by atoms with van der Waals surface area (Å²) >= 11 is 0. The number of para-hydroxylation sites is 2. The number of anilines is 4. The van der Waals surface area contributed by atoms with Crippen molar-refractivity contribution in [3.8, 4) is 11.5 Å². The first kappa shape index (κ1) is 21.9. The van der Waals surface area contributed by atoms with Crippen molar-refractivity contribution in [1.82, 2.24) is 20.1 Å². The third-order valence-corrected chi connectivity index (χ3v) is 6.42. The van der Waals surface area contributed by atoms with Crippen LogP contribution in [0.1, 0.15) is 40.9 Å². The molecular formula is C24H27N7O3. The van der Waals surface area contributed by atoms with E-state index in [4.69, 9.17) is 10.5 Å². The molecule has 34 heavy (non-hydrogen) atoms. The van der Waals surface area contributed by atoms with Crippen molar-refractivity contribution < 1.29 is 14.6 Å². The number of primary amides is 1. The summed E-state index contributed by atoms with van der Waals surface area (Å²) in [6.07, 6.45) is 4.79. The van der Waals surface area contributed by atoms with Crippen LogP contribution in [0.15, 0.2) is 36.4 Å². The molecule has 0 radical (unpaired) electrons. The van der Waals surface area contributed by atoms with E-state index in [1.54, 1.807) is 25.3 Å². The molecule has 5 rings (SSSR count). The molecule has 1 aromatic heterocycles. The highest BCUT2D eigenvalue weighted by atomic mass is 16.5. The number of phenols is 1. The summed E-state index contributed by atoms with van der Waals surface area (Å²) in [4.78, 5) is 18.8. The number of ether oxygens (including phenoxy) is 1. The van der Waals surface area contributed by atoms with Crippen LogP contribution < -0.4 is 21.1 Å². The van der Waals surface area contributed by atoms with E-state index < -0.39 is 5.91 Å². The number of nitrogens with two attached hydrogens (primary N) is 1. The van der Waals surface area contributed by atoms with E-state index >= 15 is 0 Å². The van der Waals surface area contributed by atoms with Crippen molar-refractivity contribution in [2.45, 2.75) is 38.3 Å². The standard InChI is InChI=1S/C24H27N7O3/c1-34-20-12-14-10-16-6-4-5-9-31(16)13-15(14)11-18(20)27-24-28-23(21(22(25)33)29-30-24)26-17-7-2-3-8-19(17)32/h2-3,7-8,11-12,16,32H,4-6,9-10,13H2,1H3,(H2,25,33)(H2,26,27,28,30). The van der Waals surface area contributed by atoms with Gasteiger partial charge in [0.1, 0.15) is 11.5 Å². The Morgan fingerprint density at radius 1 is 1.15 bits per heavy atom. The van der Waals surface area contributed by atoms with Crippen molar-refractivity contribution in [3.63, 3.8) is 0 Å². The number of carbonyl (C=O) groups is 1. The summed E-state index contributed by atoms with van der Waals surface area (Å²) in [5, 5.41) is 24.2. The van der Waals surface area contributed by atoms with Crippen LogP contribution in [-0.4, -0.2) is 50.8 Å². The van der Waals surface area contributed by atoms with Gasteiger partial charge in [0.15, 0.2) is 11.5 Å². The van der Waals surface area contributed by atoms with Gasteiger partial charge in [0.05, 0.1) is 18.5 Å². The normalized spacial score (nSPS) is 17.4. The maximum atomic E-state index is 11.9. The number of aromatic nitrogens is 3. The van der Waals surface area contributed by atoms with Gasteiger partial charge in [-0.1, -0.05) is 18.6 Å². The van der Waals surface area contributed by atoms with Crippen LogP contribution in [0.5, 0.6) is 11.5 Å². The molecule has 0 bridgehead atoms. The van der Waals surface area contributed by atoms with Gasteiger partial charge in [-0.05, 0) is 61.2 Å². The average Bonchev–Trinajstić information content (AvgIpc) is 2.84. The summed E-state index contributed by atoms with van der Waals surface area (Å²) in [7, 11) is 1.63. The van der Waals surface area contributed by atoms with Crippen LogP contribution in [0.25, 0.3) is 0 Å². The Morgan fingerprint density at radius 2 is 2.00 bits per heavy atom. The summed E-state index contributed by atoms with van der Waals surface area (Å²) in [5.74, 6) is 0.138. The van der Waals surface area contributed by atoms with E-state index in [0.717, 1.165) is 19.5 Å². The first-order valence-electron chi connectivity index (χ1n) is 11.3. The van der Waals surface area contributed by atoms with E-state index in [1.165, 1.54) is 36.5 Å². The molecule has 10 nitrogen and oxygen atoms in total. The lowest BCUT2D eigenvalue weighted by Crippen LogP contribution is -2.43. The van der Waals surface area contributed by atoms with Gasteiger partial charge in [-0.15, -0.1) is 10.2 Å². The number of hydrogen-bond acceptors (Lipinski definition) is 9. The molecular weight excluding hydrogens is 434 g/mol. The summed E-state index contributed by atoms with van der Waals surface area (Å²) in [6.45, 7) is 2.03. The topological polar surface area (TPSA) is 139 Å². The van der Waals surface area contributed by atoms with Gasteiger partial charge in [-0.3, -0.25) is 9.69 Å². The zero-order valence-electron chi connectivity index (χ0n) is 18.9. The largest absolute Gasteiger partial charge is 0.506 e. The Balaban J connectivity index is 1.46. The fourth-order valence-corrected chi connectivity index (χ4v) is 4.70. The van der Waals surface area contributed by atoms with E-state index in [9.17, 15) is 9.90 Å². The Hall–Kier alpha value is -3.92. The first-order chi connectivity index (χ1) is 16.5. The molecule has 176 valence electrons. The molecule has 1 saturated heterocycles. The van der Waals surface area contributed by atoms with Gasteiger partial charge in [-0.2, -0.15) is 4.98 Å². The van der Waals surface area contributed by atoms with E-state index in [1.807, 2.05) is 0 Å². The summed E-state index contributed by atoms with van der Waals surface area (Å²) in [5.41, 5.74) is 8.93. The highest BCUT2D eigenvalue weighted by Gasteiger charge is 2.29. The van der Waals surface area contributed by atoms with Crippen molar-refractivity contribution in [2.24, 2.45) is 5.73 Å². The van der Waals surface area contributed by atoms with Gasteiger partial charge in [0.2, 0.25) is 5.95 Å². The third-order valence-electron chi connectivity index (χ3n) is 6.42. The molecule has 2 aliphatic rings. The molecule has 3 heterocycles. The number of hydrogen-bond donors (Lipinski definition) is 4. The molecule has 0 saturated carbocycles. The maximum Gasteiger partial charge on any atom is 0.273 e. The minimum atomic E-state index is -0.785. The molecule has 2 aromatic carbocycles. The van der Waals surface area contributed by atoms with E-state index in [0.29, 0.717) is 23.2 Å². The predicted molar refractivity (Wildman–Crippen MR) is 128 cm³/mol. The SMILES string of the molecule is COc1cc2c(cc1Nc1nnc(C(N)=O)c(Nc3ccccc3O)n1)CN1CCCCC1C2. The number of aromatic hydroxyl groups is 1. The number of piperidine rings is 1. The number of benzene rings is 2.